The summed E-state index contributed by atoms with van der Waals surface area (Å²) >= 11 is 0. The van der Waals surface area contributed by atoms with Crippen LogP contribution in [0.4, 0.5) is 4.79 Å². The van der Waals surface area contributed by atoms with E-state index in [1.165, 1.54) is 0 Å². The second-order valence-electron chi connectivity index (χ2n) is 5.91. The van der Waals surface area contributed by atoms with Crippen LogP contribution < -0.4 is 0 Å². The van der Waals surface area contributed by atoms with E-state index in [1.54, 1.807) is 4.90 Å². The maximum atomic E-state index is 12.1. The maximum Gasteiger partial charge on any atom is 0.320 e. The van der Waals surface area contributed by atoms with E-state index in [1.807, 2.05) is 4.90 Å². The highest BCUT2D eigenvalue weighted by Crippen LogP contribution is 2.30. The molecular formula is C12H20N2O3. The molecule has 5 heteroatoms. The Morgan fingerprint density at radius 3 is 2.41 bits per heavy atom. The fraction of sp³-hybridized carbons (Fsp3) is 0.833. The van der Waals surface area contributed by atoms with Crippen molar-refractivity contribution in [1.82, 2.24) is 9.80 Å². The van der Waals surface area contributed by atoms with Gasteiger partial charge in [-0.25, -0.2) is 4.79 Å². The lowest BCUT2D eigenvalue weighted by Crippen LogP contribution is -2.59. The first-order valence-corrected chi connectivity index (χ1v) is 6.16. The van der Waals surface area contributed by atoms with Gasteiger partial charge >= 0.3 is 12.0 Å². The fourth-order valence-electron chi connectivity index (χ4n) is 2.58. The van der Waals surface area contributed by atoms with Gasteiger partial charge in [0, 0.05) is 26.2 Å². The van der Waals surface area contributed by atoms with Gasteiger partial charge in [-0.2, -0.15) is 0 Å². The quantitative estimate of drug-likeness (QED) is 0.750. The maximum absolute atomic E-state index is 12.1. The minimum Gasteiger partial charge on any atom is -0.481 e. The van der Waals surface area contributed by atoms with Crippen LogP contribution in [0.25, 0.3) is 0 Å². The highest BCUT2D eigenvalue weighted by Gasteiger charge is 2.39. The van der Waals surface area contributed by atoms with Crippen LogP contribution in [0.15, 0.2) is 0 Å². The number of hydrogen-bond acceptors (Lipinski definition) is 2. The molecule has 0 aromatic carbocycles. The Kier molecular flexibility index (Phi) is 3.02. The molecule has 0 atom stereocenters. The van der Waals surface area contributed by atoms with Crippen molar-refractivity contribution >= 4 is 12.0 Å². The normalized spacial score (nSPS) is 24.4. The Hall–Kier alpha value is -1.26. The van der Waals surface area contributed by atoms with Crippen molar-refractivity contribution in [3.8, 4) is 0 Å². The van der Waals surface area contributed by atoms with E-state index in [4.69, 9.17) is 5.11 Å². The SMILES string of the molecule is CC1(C)CCCN(C(=O)N2CC(C(=O)O)C2)C1. The molecular weight excluding hydrogens is 220 g/mol. The number of nitrogens with zero attached hydrogens (tertiary/aromatic N) is 2. The number of aliphatic carboxylic acids is 1. The van der Waals surface area contributed by atoms with Gasteiger partial charge in [-0.05, 0) is 18.3 Å². The number of urea groups is 1. The van der Waals surface area contributed by atoms with Crippen LogP contribution in [-0.2, 0) is 4.79 Å². The highest BCUT2D eigenvalue weighted by molar-refractivity contribution is 5.80. The molecule has 0 spiro atoms. The Balaban J connectivity index is 1.87. The van der Waals surface area contributed by atoms with Crippen molar-refractivity contribution in [2.45, 2.75) is 26.7 Å². The van der Waals surface area contributed by atoms with Crippen LogP contribution in [0.3, 0.4) is 0 Å². The molecule has 0 radical (unpaired) electrons. The van der Waals surface area contributed by atoms with Crippen molar-refractivity contribution in [3.63, 3.8) is 0 Å². The van der Waals surface area contributed by atoms with E-state index >= 15 is 0 Å². The summed E-state index contributed by atoms with van der Waals surface area (Å²) in [5, 5.41) is 8.77. The predicted octanol–water partition coefficient (Wildman–Crippen LogP) is 1.24. The van der Waals surface area contributed by atoms with Crippen molar-refractivity contribution < 1.29 is 14.7 Å². The van der Waals surface area contributed by atoms with Gasteiger partial charge in [-0.15, -0.1) is 0 Å². The first-order chi connectivity index (χ1) is 7.89. The molecule has 2 saturated heterocycles. The Labute approximate surface area is 101 Å². The number of carboxylic acid groups (broad SMARTS) is 1. The van der Waals surface area contributed by atoms with E-state index in [-0.39, 0.29) is 17.4 Å². The van der Waals surface area contributed by atoms with Crippen LogP contribution in [0.5, 0.6) is 0 Å². The van der Waals surface area contributed by atoms with Gasteiger partial charge in [0.15, 0.2) is 0 Å². The van der Waals surface area contributed by atoms with Crippen LogP contribution >= 0.6 is 0 Å². The zero-order chi connectivity index (χ0) is 12.6. The third-order valence-corrected chi connectivity index (χ3v) is 3.67. The summed E-state index contributed by atoms with van der Waals surface area (Å²) < 4.78 is 0. The van der Waals surface area contributed by atoms with Gasteiger partial charge in [-0.3, -0.25) is 4.79 Å². The van der Waals surface area contributed by atoms with Crippen molar-refractivity contribution in [3.05, 3.63) is 0 Å². The molecule has 2 amide bonds. The van der Waals surface area contributed by atoms with Crippen molar-refractivity contribution in [1.29, 1.82) is 0 Å². The third-order valence-electron chi connectivity index (χ3n) is 3.67. The average Bonchev–Trinajstić information content (AvgIpc) is 2.12. The molecule has 2 fully saturated rings. The standard InChI is InChI=1S/C12H20N2O3/c1-12(2)4-3-5-13(8-12)11(17)14-6-9(7-14)10(15)16/h9H,3-8H2,1-2H3,(H,15,16). The molecule has 2 heterocycles. The monoisotopic (exact) mass is 240 g/mol. The number of piperidine rings is 1. The van der Waals surface area contributed by atoms with E-state index in [0.29, 0.717) is 13.1 Å². The molecule has 2 rings (SSSR count). The van der Waals surface area contributed by atoms with E-state index in [0.717, 1.165) is 25.9 Å². The van der Waals surface area contributed by atoms with Gasteiger partial charge in [0.25, 0.3) is 0 Å². The molecule has 0 bridgehead atoms. The summed E-state index contributed by atoms with van der Waals surface area (Å²) in [6.07, 6.45) is 2.18. The molecule has 0 saturated carbocycles. The minimum atomic E-state index is -0.798. The zero-order valence-corrected chi connectivity index (χ0v) is 10.5. The molecule has 0 aromatic heterocycles. The lowest BCUT2D eigenvalue weighted by atomic mass is 9.84. The Bertz CT molecular complexity index is 335. The summed E-state index contributed by atoms with van der Waals surface area (Å²) in [5.41, 5.74) is 0.185. The summed E-state index contributed by atoms with van der Waals surface area (Å²) in [7, 11) is 0. The fourth-order valence-corrected chi connectivity index (χ4v) is 2.58. The molecule has 5 nitrogen and oxygen atoms in total. The molecule has 0 aromatic rings. The Morgan fingerprint density at radius 2 is 1.88 bits per heavy atom. The summed E-state index contributed by atoms with van der Waals surface area (Å²) in [5.74, 6) is -1.16. The topological polar surface area (TPSA) is 60.9 Å². The first kappa shape index (κ1) is 12.2. The summed E-state index contributed by atoms with van der Waals surface area (Å²) in [4.78, 5) is 26.3. The number of likely N-dealkylation sites (tertiary alicyclic amines) is 2. The smallest absolute Gasteiger partial charge is 0.320 e. The molecule has 2 aliphatic heterocycles. The van der Waals surface area contributed by atoms with Gasteiger partial charge in [0.2, 0.25) is 0 Å². The predicted molar refractivity (Wildman–Crippen MR) is 62.7 cm³/mol. The third kappa shape index (κ3) is 2.53. The number of carboxylic acids is 1. The highest BCUT2D eigenvalue weighted by atomic mass is 16.4. The van der Waals surface area contributed by atoms with Crippen LogP contribution in [0.1, 0.15) is 26.7 Å². The molecule has 0 aliphatic carbocycles. The first-order valence-electron chi connectivity index (χ1n) is 6.16. The largest absolute Gasteiger partial charge is 0.481 e. The van der Waals surface area contributed by atoms with Crippen molar-refractivity contribution in [2.75, 3.05) is 26.2 Å². The summed E-state index contributed by atoms with van der Waals surface area (Å²) in [6, 6.07) is 0.00951. The van der Waals surface area contributed by atoms with Crippen LogP contribution in [0.2, 0.25) is 0 Å². The number of hydrogen-bond donors (Lipinski definition) is 1. The minimum absolute atomic E-state index is 0.00951. The zero-order valence-electron chi connectivity index (χ0n) is 10.5. The van der Waals surface area contributed by atoms with Gasteiger partial charge in [0.05, 0.1) is 5.92 Å². The average molecular weight is 240 g/mol. The number of amides is 2. The van der Waals surface area contributed by atoms with Crippen molar-refractivity contribution in [2.24, 2.45) is 11.3 Å². The molecule has 2 aliphatic rings. The Morgan fingerprint density at radius 1 is 1.24 bits per heavy atom. The van der Waals surface area contributed by atoms with Crippen LogP contribution in [-0.4, -0.2) is 53.1 Å². The summed E-state index contributed by atoms with van der Waals surface area (Å²) in [6.45, 7) is 6.65. The van der Waals surface area contributed by atoms with Gasteiger partial charge in [0.1, 0.15) is 0 Å². The van der Waals surface area contributed by atoms with Gasteiger partial charge < -0.3 is 14.9 Å². The van der Waals surface area contributed by atoms with Gasteiger partial charge in [-0.1, -0.05) is 13.8 Å². The molecule has 17 heavy (non-hydrogen) atoms. The van der Waals surface area contributed by atoms with Crippen LogP contribution in [0, 0.1) is 11.3 Å². The van der Waals surface area contributed by atoms with E-state index in [2.05, 4.69) is 13.8 Å². The molecule has 1 N–H and O–H groups in total. The molecule has 96 valence electrons. The number of carbonyl (C=O) groups is 2. The van der Waals surface area contributed by atoms with E-state index < -0.39 is 5.97 Å². The lowest BCUT2D eigenvalue weighted by Gasteiger charge is -2.44. The number of carbonyl (C=O) groups excluding carboxylic acids is 1. The molecule has 0 unspecified atom stereocenters. The second-order valence-corrected chi connectivity index (χ2v) is 5.91. The number of rotatable bonds is 1. The second kappa shape index (κ2) is 4.20. The van der Waals surface area contributed by atoms with E-state index in [9.17, 15) is 9.59 Å². The lowest BCUT2D eigenvalue weighted by molar-refractivity contribution is -0.146.